The number of rotatable bonds is 4. The topological polar surface area (TPSA) is 70.2 Å². The molecule has 0 radical (unpaired) electrons. The summed E-state index contributed by atoms with van der Waals surface area (Å²) in [6.07, 6.45) is 0.707. The normalized spacial score (nSPS) is 10.4. The van der Waals surface area contributed by atoms with Gasteiger partial charge in [0.15, 0.2) is 0 Å². The number of benzene rings is 1. The van der Waals surface area contributed by atoms with Crippen LogP contribution in [0.25, 0.3) is 11.3 Å². The number of carboxylic acid groups (broad SMARTS) is 1. The van der Waals surface area contributed by atoms with Crippen LogP contribution in [0.2, 0.25) is 0 Å². The highest BCUT2D eigenvalue weighted by Crippen LogP contribution is 2.16. The summed E-state index contributed by atoms with van der Waals surface area (Å²) in [6.45, 7) is 2.08. The Labute approximate surface area is 110 Å². The molecule has 4 heteroatoms. The number of H-pyrrole nitrogens is 1. The van der Waals surface area contributed by atoms with Crippen molar-refractivity contribution in [1.82, 2.24) is 4.98 Å². The Kier molecular flexibility index (Phi) is 3.80. The van der Waals surface area contributed by atoms with Crippen LogP contribution in [-0.4, -0.2) is 16.1 Å². The van der Waals surface area contributed by atoms with E-state index in [0.29, 0.717) is 5.69 Å². The maximum absolute atomic E-state index is 11.8. The Balaban J connectivity index is 2.33. The van der Waals surface area contributed by atoms with Gasteiger partial charge >= 0.3 is 5.97 Å². The average molecular weight is 257 g/mol. The molecule has 0 amide bonds. The van der Waals surface area contributed by atoms with Crippen molar-refractivity contribution >= 4 is 5.97 Å². The van der Waals surface area contributed by atoms with Gasteiger partial charge in [0.25, 0.3) is 5.56 Å². The second-order valence-electron chi connectivity index (χ2n) is 4.35. The van der Waals surface area contributed by atoms with Crippen LogP contribution in [0.3, 0.4) is 0 Å². The van der Waals surface area contributed by atoms with Crippen LogP contribution >= 0.6 is 0 Å². The fourth-order valence-corrected chi connectivity index (χ4v) is 1.89. The highest BCUT2D eigenvalue weighted by atomic mass is 16.4. The zero-order valence-electron chi connectivity index (χ0n) is 10.6. The Morgan fingerprint density at radius 3 is 2.37 bits per heavy atom. The predicted octanol–water partition coefficient (Wildman–Crippen LogP) is 2.23. The second-order valence-corrected chi connectivity index (χ2v) is 4.35. The van der Waals surface area contributed by atoms with Crippen LogP contribution < -0.4 is 5.56 Å². The first-order chi connectivity index (χ1) is 9.10. The van der Waals surface area contributed by atoms with Gasteiger partial charge in [0, 0.05) is 11.3 Å². The number of hydrogen-bond donors (Lipinski definition) is 2. The highest BCUT2D eigenvalue weighted by molar-refractivity contribution is 5.70. The number of aromatic amines is 1. The van der Waals surface area contributed by atoms with E-state index in [1.165, 1.54) is 5.56 Å². The third-order valence-electron chi connectivity index (χ3n) is 3.01. The summed E-state index contributed by atoms with van der Waals surface area (Å²) in [6, 6.07) is 11.2. The molecule has 0 atom stereocenters. The first-order valence-electron chi connectivity index (χ1n) is 6.13. The van der Waals surface area contributed by atoms with Gasteiger partial charge in [0.1, 0.15) is 0 Å². The summed E-state index contributed by atoms with van der Waals surface area (Å²) >= 11 is 0. The van der Waals surface area contributed by atoms with Gasteiger partial charge in [-0.05, 0) is 23.6 Å². The lowest BCUT2D eigenvalue weighted by Gasteiger charge is -2.04. The smallest absolute Gasteiger partial charge is 0.308 e. The van der Waals surface area contributed by atoms with Gasteiger partial charge in [0.2, 0.25) is 0 Å². The summed E-state index contributed by atoms with van der Waals surface area (Å²) in [4.78, 5) is 25.1. The highest BCUT2D eigenvalue weighted by Gasteiger charge is 2.06. The van der Waals surface area contributed by atoms with Crippen molar-refractivity contribution in [3.8, 4) is 11.3 Å². The molecule has 98 valence electrons. The minimum atomic E-state index is -1.01. The Bertz CT molecular complexity index is 641. The second kappa shape index (κ2) is 5.52. The molecule has 0 aliphatic rings. The molecule has 4 nitrogen and oxygen atoms in total. The van der Waals surface area contributed by atoms with E-state index < -0.39 is 5.97 Å². The molecule has 0 aliphatic carbocycles. The number of pyridine rings is 1. The van der Waals surface area contributed by atoms with Gasteiger partial charge < -0.3 is 10.1 Å². The van der Waals surface area contributed by atoms with Crippen molar-refractivity contribution in [1.29, 1.82) is 0 Å². The van der Waals surface area contributed by atoms with Crippen LogP contribution in [-0.2, 0) is 17.6 Å². The Morgan fingerprint density at radius 2 is 1.84 bits per heavy atom. The van der Waals surface area contributed by atoms with E-state index >= 15 is 0 Å². The minimum absolute atomic E-state index is 0.260. The van der Waals surface area contributed by atoms with Crippen molar-refractivity contribution in [3.05, 3.63) is 57.9 Å². The molecule has 0 saturated heterocycles. The largest absolute Gasteiger partial charge is 0.481 e. The fraction of sp³-hybridized carbons (Fsp3) is 0.200. The molecular formula is C15H15NO3. The van der Waals surface area contributed by atoms with E-state index in [4.69, 9.17) is 5.11 Å². The molecule has 0 bridgehead atoms. The molecule has 1 heterocycles. The molecule has 19 heavy (non-hydrogen) atoms. The van der Waals surface area contributed by atoms with E-state index in [0.717, 1.165) is 12.0 Å². The number of aryl methyl sites for hydroxylation is 1. The summed E-state index contributed by atoms with van der Waals surface area (Å²) in [7, 11) is 0. The molecule has 0 spiro atoms. The Hall–Kier alpha value is -2.36. The summed E-state index contributed by atoms with van der Waals surface area (Å²) in [5.74, 6) is -1.01. The molecular weight excluding hydrogens is 242 g/mol. The first kappa shape index (κ1) is 13.1. The third-order valence-corrected chi connectivity index (χ3v) is 3.01. The molecule has 1 aromatic heterocycles. The number of hydrogen-bond acceptors (Lipinski definition) is 2. The summed E-state index contributed by atoms with van der Waals surface area (Å²) in [5.41, 5.74) is 2.76. The van der Waals surface area contributed by atoms with Gasteiger partial charge in [-0.3, -0.25) is 9.59 Å². The van der Waals surface area contributed by atoms with Crippen molar-refractivity contribution in [3.63, 3.8) is 0 Å². The molecule has 0 aliphatic heterocycles. The molecule has 0 saturated carbocycles. The first-order valence-corrected chi connectivity index (χ1v) is 6.13. The SMILES string of the molecule is CCc1ccc(-c2ccc(CC(=O)O)c(=O)[nH]2)cc1. The monoisotopic (exact) mass is 257 g/mol. The lowest BCUT2D eigenvalue weighted by Crippen LogP contribution is -2.16. The van der Waals surface area contributed by atoms with E-state index in [2.05, 4.69) is 11.9 Å². The number of carbonyl (C=O) groups is 1. The minimum Gasteiger partial charge on any atom is -0.481 e. The van der Waals surface area contributed by atoms with Gasteiger partial charge in [-0.1, -0.05) is 37.3 Å². The maximum Gasteiger partial charge on any atom is 0.308 e. The van der Waals surface area contributed by atoms with Crippen LogP contribution in [0.5, 0.6) is 0 Å². The van der Waals surface area contributed by atoms with Crippen molar-refractivity contribution in [2.24, 2.45) is 0 Å². The maximum atomic E-state index is 11.8. The van der Waals surface area contributed by atoms with Crippen LogP contribution in [0.4, 0.5) is 0 Å². The van der Waals surface area contributed by atoms with Crippen molar-refractivity contribution < 1.29 is 9.90 Å². The number of aliphatic carboxylic acids is 1. The van der Waals surface area contributed by atoms with Gasteiger partial charge in [0.05, 0.1) is 6.42 Å². The molecule has 1 aromatic carbocycles. The lowest BCUT2D eigenvalue weighted by molar-refractivity contribution is -0.136. The van der Waals surface area contributed by atoms with Gasteiger partial charge in [-0.2, -0.15) is 0 Å². The standard InChI is InChI=1S/C15H15NO3/c1-2-10-3-5-11(6-4-10)13-8-7-12(9-14(17)18)15(19)16-13/h3-8H,2,9H2,1H3,(H,16,19)(H,17,18). The van der Waals surface area contributed by atoms with E-state index in [-0.39, 0.29) is 17.5 Å². The summed E-state index contributed by atoms with van der Waals surface area (Å²) < 4.78 is 0. The van der Waals surface area contributed by atoms with E-state index in [1.807, 2.05) is 24.3 Å². The van der Waals surface area contributed by atoms with Crippen molar-refractivity contribution in [2.45, 2.75) is 19.8 Å². The molecule has 0 fully saturated rings. The van der Waals surface area contributed by atoms with Crippen molar-refractivity contribution in [2.75, 3.05) is 0 Å². The number of carboxylic acids is 1. The van der Waals surface area contributed by atoms with Crippen LogP contribution in [0, 0.1) is 0 Å². The van der Waals surface area contributed by atoms with Gasteiger partial charge in [-0.15, -0.1) is 0 Å². The lowest BCUT2D eigenvalue weighted by atomic mass is 10.1. The molecule has 2 rings (SSSR count). The fourth-order valence-electron chi connectivity index (χ4n) is 1.89. The number of nitrogens with one attached hydrogen (secondary N) is 1. The molecule has 2 aromatic rings. The predicted molar refractivity (Wildman–Crippen MR) is 73.2 cm³/mol. The van der Waals surface area contributed by atoms with Gasteiger partial charge in [-0.25, -0.2) is 0 Å². The van der Waals surface area contributed by atoms with Crippen LogP contribution in [0.1, 0.15) is 18.1 Å². The quantitative estimate of drug-likeness (QED) is 0.882. The molecule has 0 unspecified atom stereocenters. The van der Waals surface area contributed by atoms with E-state index in [9.17, 15) is 9.59 Å². The van der Waals surface area contributed by atoms with Crippen LogP contribution in [0.15, 0.2) is 41.2 Å². The third kappa shape index (κ3) is 3.10. The zero-order valence-corrected chi connectivity index (χ0v) is 10.6. The average Bonchev–Trinajstić information content (AvgIpc) is 2.41. The van der Waals surface area contributed by atoms with E-state index in [1.54, 1.807) is 12.1 Å². The summed E-state index contributed by atoms with van der Waals surface area (Å²) in [5, 5.41) is 8.68. The zero-order chi connectivity index (χ0) is 13.8. The number of aromatic nitrogens is 1. The Morgan fingerprint density at radius 1 is 1.16 bits per heavy atom. The molecule has 2 N–H and O–H groups in total.